The van der Waals surface area contributed by atoms with Gasteiger partial charge in [-0.3, -0.25) is 4.68 Å². The summed E-state index contributed by atoms with van der Waals surface area (Å²) < 4.78 is 1.78. The summed E-state index contributed by atoms with van der Waals surface area (Å²) in [4.78, 5) is 15.8. The van der Waals surface area contributed by atoms with Gasteiger partial charge in [0.1, 0.15) is 5.52 Å². The molecular weight excluding hydrogens is 398 g/mol. The Labute approximate surface area is 179 Å². The van der Waals surface area contributed by atoms with Crippen molar-refractivity contribution < 1.29 is 0 Å². The number of rotatable bonds is 2. The van der Waals surface area contributed by atoms with Crippen molar-refractivity contribution in [1.29, 1.82) is 0 Å². The number of nitrogens with zero attached hydrogens (tertiary/aromatic N) is 5. The van der Waals surface area contributed by atoms with E-state index in [-0.39, 0.29) is 0 Å². The van der Waals surface area contributed by atoms with Crippen LogP contribution < -0.4 is 10.6 Å². The number of hydrogen-bond acceptors (Lipinski definition) is 5. The monoisotopic (exact) mass is 421 g/mol. The maximum Gasteiger partial charge on any atom is 0.159 e. The molecule has 0 aliphatic carbocycles. The Kier molecular flexibility index (Phi) is 3.89. The highest BCUT2D eigenvalue weighted by Gasteiger charge is 2.41. The van der Waals surface area contributed by atoms with Gasteiger partial charge in [0.25, 0.3) is 0 Å². The van der Waals surface area contributed by atoms with Crippen LogP contribution in [0.25, 0.3) is 33.2 Å². The van der Waals surface area contributed by atoms with Gasteiger partial charge in [-0.15, -0.1) is 0 Å². The Morgan fingerprint density at radius 1 is 1.13 bits per heavy atom. The number of aryl methyl sites for hydroxylation is 2. The molecule has 2 saturated heterocycles. The van der Waals surface area contributed by atoms with E-state index in [0.717, 1.165) is 57.5 Å². The fourth-order valence-corrected chi connectivity index (χ4v) is 5.72. The highest BCUT2D eigenvalue weighted by molar-refractivity contribution is 6.38. The highest BCUT2D eigenvalue weighted by atomic mass is 35.5. The lowest BCUT2D eigenvalue weighted by Gasteiger charge is -2.39. The molecule has 3 N–H and O–H groups in total. The van der Waals surface area contributed by atoms with Crippen molar-refractivity contribution in [1.82, 2.24) is 24.7 Å². The minimum absolute atomic E-state index is 0.303. The number of halogens is 1. The van der Waals surface area contributed by atoms with Crippen molar-refractivity contribution in [2.75, 3.05) is 4.90 Å². The number of H-pyrrole nitrogens is 1. The van der Waals surface area contributed by atoms with E-state index in [1.165, 1.54) is 12.8 Å². The van der Waals surface area contributed by atoms with Crippen LogP contribution in [0.4, 0.5) is 5.82 Å². The Balaban J connectivity index is 1.46. The van der Waals surface area contributed by atoms with Crippen LogP contribution in [0, 0.1) is 6.92 Å². The molecule has 2 fully saturated rings. The summed E-state index contributed by atoms with van der Waals surface area (Å²) in [5, 5.41) is 6.07. The zero-order valence-electron chi connectivity index (χ0n) is 17.1. The van der Waals surface area contributed by atoms with Crippen LogP contribution in [-0.4, -0.2) is 42.9 Å². The number of nitrogens with one attached hydrogen (secondary N) is 1. The average molecular weight is 422 g/mol. The number of anilines is 1. The van der Waals surface area contributed by atoms with Crippen molar-refractivity contribution in [3.63, 3.8) is 0 Å². The molecule has 2 unspecified atom stereocenters. The van der Waals surface area contributed by atoms with Crippen LogP contribution in [0.2, 0.25) is 5.02 Å². The van der Waals surface area contributed by atoms with Crippen molar-refractivity contribution in [2.24, 2.45) is 12.8 Å². The van der Waals surface area contributed by atoms with Crippen molar-refractivity contribution in [3.05, 3.63) is 35.2 Å². The Morgan fingerprint density at radius 3 is 2.67 bits per heavy atom. The van der Waals surface area contributed by atoms with Crippen LogP contribution in [-0.2, 0) is 7.05 Å². The van der Waals surface area contributed by atoms with Gasteiger partial charge in [0.2, 0.25) is 0 Å². The molecule has 3 aromatic heterocycles. The van der Waals surface area contributed by atoms with Crippen molar-refractivity contribution in [3.8, 4) is 11.1 Å². The summed E-state index contributed by atoms with van der Waals surface area (Å²) in [7, 11) is 1.90. The van der Waals surface area contributed by atoms with E-state index in [1.807, 2.05) is 31.6 Å². The molecule has 154 valence electrons. The van der Waals surface area contributed by atoms with Gasteiger partial charge in [-0.2, -0.15) is 5.10 Å². The third-order valence-electron chi connectivity index (χ3n) is 6.70. The van der Waals surface area contributed by atoms with Crippen molar-refractivity contribution in [2.45, 2.75) is 50.7 Å². The third kappa shape index (κ3) is 2.58. The zero-order chi connectivity index (χ0) is 20.6. The maximum absolute atomic E-state index is 6.76. The Hall–Kier alpha value is -2.64. The van der Waals surface area contributed by atoms with Crippen LogP contribution in [0.15, 0.2) is 24.5 Å². The van der Waals surface area contributed by atoms with Gasteiger partial charge in [-0.05, 0) is 38.7 Å². The molecule has 0 amide bonds. The van der Waals surface area contributed by atoms with Crippen molar-refractivity contribution >= 4 is 39.5 Å². The van der Waals surface area contributed by atoms with Crippen LogP contribution in [0.5, 0.6) is 0 Å². The standard InChI is InChI=1S/C22H24ClN7/c1-11-22(30-13-3-4-14(30)8-12(24)7-13)27-21-20(26-11)16(9-25-21)15-5-6-18-17(19(15)23)10-29(2)28-18/h5-6,9-10,12-14H,3-4,7-8,24H2,1-2H3,(H,25,27). The zero-order valence-corrected chi connectivity index (χ0v) is 17.8. The van der Waals surface area contributed by atoms with Gasteiger partial charge in [0.05, 0.1) is 16.2 Å². The fraction of sp³-hybridized carbons (Fsp3) is 0.409. The summed E-state index contributed by atoms with van der Waals surface area (Å²) in [6.07, 6.45) is 8.35. The normalized spacial score (nSPS) is 23.7. The second kappa shape index (κ2) is 6.43. The molecule has 2 aliphatic heterocycles. The summed E-state index contributed by atoms with van der Waals surface area (Å²) in [5.74, 6) is 0.990. The first kappa shape index (κ1) is 18.2. The van der Waals surface area contributed by atoms with E-state index >= 15 is 0 Å². The molecule has 30 heavy (non-hydrogen) atoms. The minimum Gasteiger partial charge on any atom is -0.349 e. The predicted molar refractivity (Wildman–Crippen MR) is 120 cm³/mol. The average Bonchev–Trinajstić information content (AvgIpc) is 3.36. The van der Waals surface area contributed by atoms with E-state index in [9.17, 15) is 0 Å². The van der Waals surface area contributed by atoms with Gasteiger partial charge in [0, 0.05) is 54.1 Å². The number of hydrogen-bond donors (Lipinski definition) is 2. The van der Waals surface area contributed by atoms with Gasteiger partial charge >= 0.3 is 0 Å². The van der Waals surface area contributed by atoms with Gasteiger partial charge in [-0.1, -0.05) is 17.7 Å². The largest absolute Gasteiger partial charge is 0.349 e. The van der Waals surface area contributed by atoms with E-state index in [1.54, 1.807) is 4.68 Å². The van der Waals surface area contributed by atoms with E-state index < -0.39 is 0 Å². The van der Waals surface area contributed by atoms with Gasteiger partial charge in [0.15, 0.2) is 11.5 Å². The first-order chi connectivity index (χ1) is 14.5. The molecule has 0 saturated carbocycles. The Morgan fingerprint density at radius 2 is 1.90 bits per heavy atom. The fourth-order valence-electron chi connectivity index (χ4n) is 5.41. The molecule has 1 aromatic carbocycles. The van der Waals surface area contributed by atoms with Crippen LogP contribution in [0.3, 0.4) is 0 Å². The Bertz CT molecular complexity index is 1280. The topological polar surface area (TPSA) is 88.7 Å². The molecule has 5 heterocycles. The lowest BCUT2D eigenvalue weighted by atomic mass is 9.98. The third-order valence-corrected chi connectivity index (χ3v) is 7.10. The summed E-state index contributed by atoms with van der Waals surface area (Å²) in [6, 6.07) is 5.26. The molecule has 0 radical (unpaired) electrons. The molecule has 0 spiro atoms. The lowest BCUT2D eigenvalue weighted by molar-refractivity contribution is 0.411. The lowest BCUT2D eigenvalue weighted by Crippen LogP contribution is -2.48. The SMILES string of the molecule is Cc1nc2c(-c3ccc4nn(C)cc4c3Cl)c[nH]c2nc1N1C2CCC1CC(N)C2. The second-order valence-electron chi connectivity index (χ2n) is 8.72. The second-order valence-corrected chi connectivity index (χ2v) is 9.10. The first-order valence-corrected chi connectivity index (χ1v) is 10.9. The molecule has 6 rings (SSSR count). The van der Waals surface area contributed by atoms with Crippen LogP contribution in [0.1, 0.15) is 31.4 Å². The summed E-state index contributed by atoms with van der Waals surface area (Å²) >= 11 is 6.76. The molecular formula is C22H24ClN7. The molecule has 2 bridgehead atoms. The number of aromatic nitrogens is 5. The molecule has 8 heteroatoms. The highest BCUT2D eigenvalue weighted by Crippen LogP contribution is 2.41. The minimum atomic E-state index is 0.303. The maximum atomic E-state index is 6.76. The number of benzene rings is 1. The van der Waals surface area contributed by atoms with Gasteiger partial charge in [-0.25, -0.2) is 9.97 Å². The number of fused-ring (bicyclic) bond motifs is 4. The van der Waals surface area contributed by atoms with Gasteiger partial charge < -0.3 is 15.6 Å². The summed E-state index contributed by atoms with van der Waals surface area (Å²) in [5.41, 5.74) is 11.6. The summed E-state index contributed by atoms with van der Waals surface area (Å²) in [6.45, 7) is 2.05. The van der Waals surface area contributed by atoms with E-state index in [0.29, 0.717) is 23.1 Å². The number of piperidine rings is 1. The molecule has 2 atom stereocenters. The van der Waals surface area contributed by atoms with E-state index in [2.05, 4.69) is 21.9 Å². The smallest absolute Gasteiger partial charge is 0.159 e. The number of nitrogens with two attached hydrogens (primary N) is 1. The number of aromatic amines is 1. The quantitative estimate of drug-likeness (QED) is 0.512. The molecule has 2 aliphatic rings. The first-order valence-electron chi connectivity index (χ1n) is 10.5. The van der Waals surface area contributed by atoms with Crippen LogP contribution >= 0.6 is 11.6 Å². The molecule has 7 nitrogen and oxygen atoms in total. The van der Waals surface area contributed by atoms with E-state index in [4.69, 9.17) is 27.3 Å². The predicted octanol–water partition coefficient (Wildman–Crippen LogP) is 3.93. The molecule has 4 aromatic rings.